The third-order valence-corrected chi connectivity index (χ3v) is 4.95. The van der Waals surface area contributed by atoms with Gasteiger partial charge in [-0.3, -0.25) is 19.1 Å². The Balaban J connectivity index is 1.42. The Morgan fingerprint density at radius 1 is 1.21 bits per heavy atom. The molecule has 0 unspecified atom stereocenters. The van der Waals surface area contributed by atoms with Crippen LogP contribution in [0.3, 0.4) is 0 Å². The summed E-state index contributed by atoms with van der Waals surface area (Å²) in [5.41, 5.74) is 0.775. The molecule has 1 fully saturated rings. The number of amides is 2. The van der Waals surface area contributed by atoms with Crippen LogP contribution in [-0.4, -0.2) is 32.6 Å². The number of aromatic amines is 1. The van der Waals surface area contributed by atoms with Crippen molar-refractivity contribution in [2.75, 3.05) is 5.32 Å². The van der Waals surface area contributed by atoms with E-state index in [1.165, 1.54) is 17.1 Å². The van der Waals surface area contributed by atoms with Crippen molar-refractivity contribution in [2.45, 2.75) is 38.3 Å². The normalized spacial score (nSPS) is 14.3. The molecule has 0 radical (unpaired) electrons. The van der Waals surface area contributed by atoms with Crippen LogP contribution in [0.1, 0.15) is 36.0 Å². The van der Waals surface area contributed by atoms with E-state index in [-0.39, 0.29) is 29.5 Å². The van der Waals surface area contributed by atoms with Gasteiger partial charge in [0.25, 0.3) is 5.91 Å². The van der Waals surface area contributed by atoms with Gasteiger partial charge in [0.05, 0.1) is 11.9 Å². The van der Waals surface area contributed by atoms with Crippen molar-refractivity contribution in [1.82, 2.24) is 20.1 Å². The Hall–Kier alpha value is -3.42. The molecule has 0 bridgehead atoms. The van der Waals surface area contributed by atoms with Crippen LogP contribution in [0.15, 0.2) is 47.7 Å². The van der Waals surface area contributed by atoms with Crippen molar-refractivity contribution in [2.24, 2.45) is 0 Å². The van der Waals surface area contributed by atoms with E-state index in [2.05, 4.69) is 20.7 Å². The summed E-state index contributed by atoms with van der Waals surface area (Å²) in [6.45, 7) is 0.0862. The summed E-state index contributed by atoms with van der Waals surface area (Å²) >= 11 is 0. The van der Waals surface area contributed by atoms with E-state index in [0.29, 0.717) is 16.6 Å². The maximum Gasteiger partial charge on any atom is 0.261 e. The van der Waals surface area contributed by atoms with Crippen LogP contribution >= 0.6 is 0 Å². The van der Waals surface area contributed by atoms with E-state index >= 15 is 0 Å². The largest absolute Gasteiger partial charge is 0.360 e. The van der Waals surface area contributed by atoms with Gasteiger partial charge >= 0.3 is 0 Å². The molecule has 1 aliphatic carbocycles. The van der Waals surface area contributed by atoms with Gasteiger partial charge in [0.15, 0.2) is 0 Å². The van der Waals surface area contributed by atoms with Crippen molar-refractivity contribution >= 4 is 28.4 Å². The van der Waals surface area contributed by atoms with Crippen molar-refractivity contribution in [3.8, 4) is 0 Å². The highest BCUT2D eigenvalue weighted by molar-refractivity contribution is 6.05. The maximum absolute atomic E-state index is 12.5. The number of rotatable bonds is 5. The lowest BCUT2D eigenvalue weighted by molar-refractivity contribution is -0.122. The molecule has 2 heterocycles. The van der Waals surface area contributed by atoms with Gasteiger partial charge < -0.3 is 15.6 Å². The molecule has 2 amide bonds. The van der Waals surface area contributed by atoms with Crippen molar-refractivity contribution < 1.29 is 9.59 Å². The number of nitrogens with one attached hydrogen (secondary N) is 3. The van der Waals surface area contributed by atoms with E-state index in [4.69, 9.17) is 0 Å². The summed E-state index contributed by atoms with van der Waals surface area (Å²) in [5, 5.41) is 10.2. The fourth-order valence-corrected chi connectivity index (χ4v) is 3.54. The third-order valence-electron chi connectivity index (χ3n) is 4.95. The predicted octanol–water partition coefficient (Wildman–Crippen LogP) is 2.04. The number of anilines is 1. The zero-order chi connectivity index (χ0) is 19.5. The fraction of sp³-hybridized carbons (Fsp3) is 0.300. The van der Waals surface area contributed by atoms with Gasteiger partial charge in [-0.1, -0.05) is 25.0 Å². The highest BCUT2D eigenvalue weighted by Crippen LogP contribution is 2.17. The smallest absolute Gasteiger partial charge is 0.261 e. The summed E-state index contributed by atoms with van der Waals surface area (Å²) in [4.78, 5) is 40.1. The number of nitrogens with zero attached hydrogens (tertiary/aromatic N) is 2. The molecule has 1 saturated carbocycles. The SMILES string of the molecule is O=C(Cn1cc(NC(=O)c2c[nH]c3ccccc3c2=O)cn1)NC1CCCC1. The summed E-state index contributed by atoms with van der Waals surface area (Å²) in [7, 11) is 0. The Bertz CT molecular complexity index is 1080. The standard InChI is InChI=1S/C20H21N5O3/c26-18(23-13-5-1-2-6-13)12-25-11-14(9-22-25)24-20(28)16-10-21-17-8-4-3-7-15(17)19(16)27/h3-4,7-11,13H,1-2,5-6,12H2,(H,21,27)(H,23,26)(H,24,28). The number of hydrogen-bond donors (Lipinski definition) is 3. The van der Waals surface area contributed by atoms with Crippen LogP contribution in [0.25, 0.3) is 10.9 Å². The Morgan fingerprint density at radius 3 is 2.82 bits per heavy atom. The Kier molecular flexibility index (Phi) is 4.92. The number of aromatic nitrogens is 3. The first kappa shape index (κ1) is 18.0. The minimum atomic E-state index is -0.526. The lowest BCUT2D eigenvalue weighted by atomic mass is 10.1. The molecule has 2 aromatic heterocycles. The summed E-state index contributed by atoms with van der Waals surface area (Å²) in [6.07, 6.45) is 8.77. The minimum Gasteiger partial charge on any atom is -0.360 e. The van der Waals surface area contributed by atoms with Gasteiger partial charge in [-0.15, -0.1) is 0 Å². The molecule has 0 aliphatic heterocycles. The van der Waals surface area contributed by atoms with E-state index in [0.717, 1.165) is 25.7 Å². The van der Waals surface area contributed by atoms with Crippen LogP contribution in [0.2, 0.25) is 0 Å². The predicted molar refractivity (Wildman–Crippen MR) is 105 cm³/mol. The van der Waals surface area contributed by atoms with Crippen LogP contribution in [0, 0.1) is 0 Å². The van der Waals surface area contributed by atoms with Crippen molar-refractivity contribution in [3.05, 3.63) is 58.6 Å². The second kappa shape index (κ2) is 7.67. The highest BCUT2D eigenvalue weighted by atomic mass is 16.2. The molecule has 8 nitrogen and oxygen atoms in total. The fourth-order valence-electron chi connectivity index (χ4n) is 3.54. The molecule has 28 heavy (non-hydrogen) atoms. The zero-order valence-corrected chi connectivity index (χ0v) is 15.3. The van der Waals surface area contributed by atoms with Crippen molar-refractivity contribution in [3.63, 3.8) is 0 Å². The number of benzene rings is 1. The Morgan fingerprint density at radius 2 is 2.00 bits per heavy atom. The number of fused-ring (bicyclic) bond motifs is 1. The number of pyridine rings is 1. The number of hydrogen-bond acceptors (Lipinski definition) is 4. The van der Waals surface area contributed by atoms with Gasteiger partial charge in [-0.2, -0.15) is 5.10 Å². The minimum absolute atomic E-state index is 0.0189. The van der Waals surface area contributed by atoms with Gasteiger partial charge in [-0.05, 0) is 25.0 Å². The molecular weight excluding hydrogens is 358 g/mol. The van der Waals surface area contributed by atoms with Gasteiger partial charge in [0, 0.05) is 29.3 Å². The summed E-state index contributed by atoms with van der Waals surface area (Å²) in [5.74, 6) is -0.624. The lowest BCUT2D eigenvalue weighted by Gasteiger charge is -2.11. The average Bonchev–Trinajstić information content (AvgIpc) is 3.34. The first-order valence-corrected chi connectivity index (χ1v) is 9.34. The number of H-pyrrole nitrogens is 1. The molecule has 1 aliphatic rings. The van der Waals surface area contributed by atoms with Crippen LogP contribution in [0.4, 0.5) is 5.69 Å². The average molecular weight is 379 g/mol. The van der Waals surface area contributed by atoms with E-state index in [1.54, 1.807) is 24.4 Å². The number of para-hydroxylation sites is 1. The first-order chi connectivity index (χ1) is 13.6. The highest BCUT2D eigenvalue weighted by Gasteiger charge is 2.18. The Labute approximate surface area is 160 Å². The monoisotopic (exact) mass is 379 g/mol. The molecular formula is C20H21N5O3. The van der Waals surface area contributed by atoms with Crippen LogP contribution in [0.5, 0.6) is 0 Å². The maximum atomic E-state index is 12.5. The second-order valence-corrected chi connectivity index (χ2v) is 7.01. The molecule has 1 aromatic carbocycles. The molecule has 144 valence electrons. The van der Waals surface area contributed by atoms with Crippen LogP contribution in [-0.2, 0) is 11.3 Å². The first-order valence-electron chi connectivity index (χ1n) is 9.34. The second-order valence-electron chi connectivity index (χ2n) is 7.01. The molecule has 3 N–H and O–H groups in total. The molecule has 0 atom stereocenters. The van der Waals surface area contributed by atoms with E-state index in [1.807, 2.05) is 6.07 Å². The topological polar surface area (TPSA) is 109 Å². The molecule has 0 spiro atoms. The van der Waals surface area contributed by atoms with E-state index in [9.17, 15) is 14.4 Å². The van der Waals surface area contributed by atoms with Crippen LogP contribution < -0.4 is 16.1 Å². The lowest BCUT2D eigenvalue weighted by Crippen LogP contribution is -2.35. The van der Waals surface area contributed by atoms with Gasteiger partial charge in [0.1, 0.15) is 12.1 Å². The van der Waals surface area contributed by atoms with Gasteiger partial charge in [0.2, 0.25) is 11.3 Å². The summed E-state index contributed by atoms with van der Waals surface area (Å²) < 4.78 is 1.46. The molecule has 0 saturated heterocycles. The van der Waals surface area contributed by atoms with Crippen molar-refractivity contribution in [1.29, 1.82) is 0 Å². The zero-order valence-electron chi connectivity index (χ0n) is 15.3. The number of carbonyl (C=O) groups is 2. The van der Waals surface area contributed by atoms with E-state index < -0.39 is 5.91 Å². The quantitative estimate of drug-likeness (QED) is 0.630. The summed E-state index contributed by atoms with van der Waals surface area (Å²) in [6, 6.07) is 7.27. The van der Waals surface area contributed by atoms with Gasteiger partial charge in [-0.25, -0.2) is 0 Å². The molecule has 8 heteroatoms. The molecule has 3 aromatic rings. The number of carbonyl (C=O) groups excluding carboxylic acids is 2. The third kappa shape index (κ3) is 3.80. The molecule has 4 rings (SSSR count).